The number of benzene rings is 1. The van der Waals surface area contributed by atoms with Crippen LogP contribution in [0.25, 0.3) is 16.2 Å². The number of thiazole rings is 1. The van der Waals surface area contributed by atoms with Crippen LogP contribution in [0.1, 0.15) is 17.0 Å². The number of carbonyl (C=O) groups is 1. The van der Waals surface area contributed by atoms with Crippen molar-refractivity contribution in [2.24, 2.45) is 0 Å². The molecule has 1 aliphatic carbocycles. The van der Waals surface area contributed by atoms with Crippen LogP contribution in [-0.4, -0.2) is 20.5 Å². The van der Waals surface area contributed by atoms with Crippen molar-refractivity contribution in [3.05, 3.63) is 46.6 Å². The topological polar surface area (TPSA) is 54.6 Å². The number of imidazole rings is 1. The molecule has 5 heteroatoms. The van der Waals surface area contributed by atoms with Gasteiger partial charge in [-0.1, -0.05) is 24.3 Å². The highest BCUT2D eigenvalue weighted by Gasteiger charge is 2.23. The molecule has 0 unspecified atom stereocenters. The van der Waals surface area contributed by atoms with Gasteiger partial charge < -0.3 is 5.11 Å². The highest BCUT2D eigenvalue weighted by molar-refractivity contribution is 7.15. The van der Waals surface area contributed by atoms with Gasteiger partial charge in [0.15, 0.2) is 4.96 Å². The molecule has 0 amide bonds. The van der Waals surface area contributed by atoms with Crippen LogP contribution in [0.4, 0.5) is 0 Å². The molecule has 0 saturated heterocycles. The number of fused-ring (bicyclic) bond motifs is 5. The molecular formula is C15H12N2O2S. The van der Waals surface area contributed by atoms with E-state index < -0.39 is 5.97 Å². The second-order valence-electron chi connectivity index (χ2n) is 4.98. The minimum atomic E-state index is -0.802. The summed E-state index contributed by atoms with van der Waals surface area (Å²) in [5, 5.41) is 10.9. The minimum absolute atomic E-state index is 0.0461. The number of rotatable bonds is 2. The van der Waals surface area contributed by atoms with E-state index in [2.05, 4.69) is 18.2 Å². The SMILES string of the molecule is O=C(O)Cc1csc2nc3c(n12)CCc1ccccc1-3. The summed E-state index contributed by atoms with van der Waals surface area (Å²) in [5.41, 5.74) is 5.50. The summed E-state index contributed by atoms with van der Waals surface area (Å²) in [5.74, 6) is -0.802. The third-order valence-corrected chi connectivity index (χ3v) is 4.64. The van der Waals surface area contributed by atoms with E-state index in [1.807, 2.05) is 15.8 Å². The molecule has 1 N–H and O–H groups in total. The van der Waals surface area contributed by atoms with Crippen LogP contribution in [0.15, 0.2) is 29.6 Å². The number of carboxylic acids is 1. The van der Waals surface area contributed by atoms with Crippen LogP contribution in [0.3, 0.4) is 0 Å². The van der Waals surface area contributed by atoms with E-state index in [9.17, 15) is 4.79 Å². The van der Waals surface area contributed by atoms with Gasteiger partial charge >= 0.3 is 5.97 Å². The van der Waals surface area contributed by atoms with E-state index in [4.69, 9.17) is 10.1 Å². The molecule has 0 fully saturated rings. The Morgan fingerprint density at radius 3 is 3.05 bits per heavy atom. The standard InChI is InChI=1S/C15H12N2O2S/c18-13(19)7-10-8-20-15-16-14-11-4-2-1-3-9(11)5-6-12(14)17(10)15/h1-4,8H,5-7H2,(H,18,19). The zero-order chi connectivity index (χ0) is 13.7. The van der Waals surface area contributed by atoms with Crippen molar-refractivity contribution >= 4 is 22.3 Å². The number of aliphatic carboxylic acids is 1. The molecule has 0 radical (unpaired) electrons. The van der Waals surface area contributed by atoms with Gasteiger partial charge in [0.05, 0.1) is 17.8 Å². The first kappa shape index (κ1) is 11.7. The second-order valence-corrected chi connectivity index (χ2v) is 5.82. The first-order valence-electron chi connectivity index (χ1n) is 6.52. The minimum Gasteiger partial charge on any atom is -0.481 e. The molecular weight excluding hydrogens is 272 g/mol. The van der Waals surface area contributed by atoms with Gasteiger partial charge in [-0.05, 0) is 18.4 Å². The van der Waals surface area contributed by atoms with Crippen LogP contribution in [0.5, 0.6) is 0 Å². The quantitative estimate of drug-likeness (QED) is 0.787. The Labute approximate surface area is 119 Å². The summed E-state index contributed by atoms with van der Waals surface area (Å²) in [6, 6.07) is 8.32. The molecule has 0 spiro atoms. The molecule has 0 aliphatic heterocycles. The summed E-state index contributed by atoms with van der Waals surface area (Å²) >= 11 is 1.51. The van der Waals surface area contributed by atoms with Crippen LogP contribution >= 0.6 is 11.3 Å². The summed E-state index contributed by atoms with van der Waals surface area (Å²) in [6.45, 7) is 0. The Hall–Kier alpha value is -2.14. The molecule has 3 aromatic rings. The van der Waals surface area contributed by atoms with Crippen molar-refractivity contribution in [3.63, 3.8) is 0 Å². The van der Waals surface area contributed by atoms with E-state index in [1.165, 1.54) is 22.5 Å². The normalized spacial score (nSPS) is 13.2. The van der Waals surface area contributed by atoms with Crippen molar-refractivity contribution in [3.8, 4) is 11.3 Å². The predicted octanol–water partition coefficient (Wildman–Crippen LogP) is 2.79. The second kappa shape index (κ2) is 4.18. The lowest BCUT2D eigenvalue weighted by Crippen LogP contribution is -2.08. The lowest BCUT2D eigenvalue weighted by molar-refractivity contribution is -0.136. The molecule has 0 saturated carbocycles. The maximum atomic E-state index is 11.0. The summed E-state index contributed by atoms with van der Waals surface area (Å²) in [7, 11) is 0. The smallest absolute Gasteiger partial charge is 0.309 e. The average Bonchev–Trinajstić information content (AvgIpc) is 2.98. The van der Waals surface area contributed by atoms with Gasteiger partial charge in [0.2, 0.25) is 0 Å². The fraction of sp³-hybridized carbons (Fsp3) is 0.200. The Kier molecular flexibility index (Phi) is 2.44. The van der Waals surface area contributed by atoms with Crippen molar-refractivity contribution in [2.75, 3.05) is 0 Å². The van der Waals surface area contributed by atoms with Gasteiger partial charge in [0.25, 0.3) is 0 Å². The van der Waals surface area contributed by atoms with Crippen LogP contribution in [0, 0.1) is 0 Å². The van der Waals surface area contributed by atoms with E-state index in [0.29, 0.717) is 0 Å². The Morgan fingerprint density at radius 2 is 2.20 bits per heavy atom. The molecule has 100 valence electrons. The number of hydrogen-bond donors (Lipinski definition) is 1. The largest absolute Gasteiger partial charge is 0.481 e. The predicted molar refractivity (Wildman–Crippen MR) is 77.3 cm³/mol. The summed E-state index contributed by atoms with van der Waals surface area (Å²) < 4.78 is 2.03. The van der Waals surface area contributed by atoms with Crippen molar-refractivity contribution in [1.82, 2.24) is 9.38 Å². The zero-order valence-electron chi connectivity index (χ0n) is 10.7. The fourth-order valence-electron chi connectivity index (χ4n) is 2.92. The van der Waals surface area contributed by atoms with E-state index in [0.717, 1.165) is 34.9 Å². The first-order chi connectivity index (χ1) is 9.74. The lowest BCUT2D eigenvalue weighted by Gasteiger charge is -2.15. The Balaban J connectivity index is 1.96. The van der Waals surface area contributed by atoms with Crippen molar-refractivity contribution in [1.29, 1.82) is 0 Å². The molecule has 4 nitrogen and oxygen atoms in total. The van der Waals surface area contributed by atoms with Gasteiger partial charge in [0.1, 0.15) is 0 Å². The van der Waals surface area contributed by atoms with Crippen molar-refractivity contribution < 1.29 is 9.90 Å². The Morgan fingerprint density at radius 1 is 1.35 bits per heavy atom. The van der Waals surface area contributed by atoms with Gasteiger partial charge in [-0.15, -0.1) is 11.3 Å². The van der Waals surface area contributed by atoms with Gasteiger partial charge in [-0.25, -0.2) is 4.98 Å². The number of carboxylic acid groups (broad SMARTS) is 1. The molecule has 0 bridgehead atoms. The Bertz CT molecular complexity index is 832. The maximum Gasteiger partial charge on any atom is 0.309 e. The van der Waals surface area contributed by atoms with Crippen molar-refractivity contribution in [2.45, 2.75) is 19.3 Å². The highest BCUT2D eigenvalue weighted by atomic mass is 32.1. The van der Waals surface area contributed by atoms with E-state index in [1.54, 1.807) is 0 Å². The molecule has 1 aromatic carbocycles. The average molecular weight is 284 g/mol. The van der Waals surface area contributed by atoms with Crippen LogP contribution in [-0.2, 0) is 24.1 Å². The molecule has 4 rings (SSSR count). The number of aryl methyl sites for hydroxylation is 2. The van der Waals surface area contributed by atoms with Crippen LogP contribution in [0.2, 0.25) is 0 Å². The lowest BCUT2D eigenvalue weighted by atomic mass is 9.92. The fourth-order valence-corrected chi connectivity index (χ4v) is 3.83. The third kappa shape index (κ3) is 1.59. The number of hydrogen-bond acceptors (Lipinski definition) is 3. The van der Waals surface area contributed by atoms with Gasteiger partial charge in [-0.3, -0.25) is 9.20 Å². The van der Waals surface area contributed by atoms with Gasteiger partial charge in [0, 0.05) is 16.6 Å². The van der Waals surface area contributed by atoms with E-state index >= 15 is 0 Å². The number of nitrogens with zero attached hydrogens (tertiary/aromatic N) is 2. The molecule has 1 aliphatic rings. The molecule has 2 heterocycles. The van der Waals surface area contributed by atoms with E-state index in [-0.39, 0.29) is 6.42 Å². The third-order valence-electron chi connectivity index (χ3n) is 3.77. The monoisotopic (exact) mass is 284 g/mol. The molecule has 0 atom stereocenters. The summed E-state index contributed by atoms with van der Waals surface area (Å²) in [6.07, 6.45) is 1.95. The maximum absolute atomic E-state index is 11.0. The molecule has 2 aromatic heterocycles. The molecule has 20 heavy (non-hydrogen) atoms. The number of aromatic nitrogens is 2. The highest BCUT2D eigenvalue weighted by Crippen LogP contribution is 2.35. The zero-order valence-corrected chi connectivity index (χ0v) is 11.5. The van der Waals surface area contributed by atoms with Gasteiger partial charge in [-0.2, -0.15) is 0 Å². The van der Waals surface area contributed by atoms with Crippen LogP contribution < -0.4 is 0 Å². The first-order valence-corrected chi connectivity index (χ1v) is 7.40. The summed E-state index contributed by atoms with van der Waals surface area (Å²) in [4.78, 5) is 16.6.